The van der Waals surface area contributed by atoms with E-state index in [2.05, 4.69) is 9.72 Å². The lowest BCUT2D eigenvalue weighted by atomic mass is 10.1. The van der Waals surface area contributed by atoms with E-state index in [-0.39, 0.29) is 16.7 Å². The van der Waals surface area contributed by atoms with Crippen molar-refractivity contribution in [3.05, 3.63) is 35.0 Å². The molecule has 1 aromatic carbocycles. The third-order valence-electron chi connectivity index (χ3n) is 3.02. The third-order valence-corrected chi connectivity index (χ3v) is 3.02. The minimum Gasteiger partial charge on any atom is -0.437 e. The molecule has 0 spiro atoms. The highest BCUT2D eigenvalue weighted by Gasteiger charge is 2.20. The Hall–Kier alpha value is -2.24. The molecule has 6 heteroatoms. The van der Waals surface area contributed by atoms with Crippen LogP contribution in [-0.2, 0) is 11.2 Å². The van der Waals surface area contributed by atoms with Crippen LogP contribution in [0.1, 0.15) is 18.2 Å². The molecule has 106 valence electrons. The molecule has 2 rings (SSSR count). The predicted octanol–water partition coefficient (Wildman–Crippen LogP) is 3.53. The van der Waals surface area contributed by atoms with Gasteiger partial charge in [-0.1, -0.05) is 6.92 Å². The second kappa shape index (κ2) is 5.40. The van der Waals surface area contributed by atoms with Crippen molar-refractivity contribution in [2.24, 2.45) is 0 Å². The number of hydrogen-bond acceptors (Lipinski definition) is 4. The molecular formula is C14H13F2NO3. The number of rotatable bonds is 2. The van der Waals surface area contributed by atoms with Gasteiger partial charge in [0.2, 0.25) is 0 Å². The van der Waals surface area contributed by atoms with Gasteiger partial charge in [0.15, 0.2) is 17.4 Å². The van der Waals surface area contributed by atoms with Crippen LogP contribution in [0, 0.1) is 18.6 Å². The first-order valence-corrected chi connectivity index (χ1v) is 6.02. The molecule has 0 saturated carbocycles. The summed E-state index contributed by atoms with van der Waals surface area (Å²) >= 11 is 0. The number of aromatic nitrogens is 1. The lowest BCUT2D eigenvalue weighted by Gasteiger charge is -2.13. The number of pyridine rings is 1. The molecule has 0 atom stereocenters. The fourth-order valence-electron chi connectivity index (χ4n) is 1.99. The van der Waals surface area contributed by atoms with E-state index in [4.69, 9.17) is 4.74 Å². The van der Waals surface area contributed by atoms with E-state index < -0.39 is 17.8 Å². The smallest absolute Gasteiger partial charge is 0.437 e. The summed E-state index contributed by atoms with van der Waals surface area (Å²) in [5, 5.41) is -0.162. The Kier molecular flexibility index (Phi) is 3.83. The minimum absolute atomic E-state index is 0.0595. The largest absolute Gasteiger partial charge is 0.513 e. The van der Waals surface area contributed by atoms with E-state index in [1.54, 1.807) is 6.92 Å². The first-order valence-electron chi connectivity index (χ1n) is 6.02. The monoisotopic (exact) mass is 281 g/mol. The summed E-state index contributed by atoms with van der Waals surface area (Å²) < 4.78 is 36.8. The van der Waals surface area contributed by atoms with Crippen LogP contribution >= 0.6 is 0 Å². The molecule has 1 aromatic heterocycles. The van der Waals surface area contributed by atoms with Gasteiger partial charge < -0.3 is 9.47 Å². The van der Waals surface area contributed by atoms with Crippen molar-refractivity contribution in [1.82, 2.24) is 4.98 Å². The Morgan fingerprint density at radius 2 is 2.05 bits per heavy atom. The van der Waals surface area contributed by atoms with Crippen molar-refractivity contribution in [3.63, 3.8) is 0 Å². The van der Waals surface area contributed by atoms with Crippen LogP contribution in [0.2, 0.25) is 0 Å². The quantitative estimate of drug-likeness (QED) is 0.790. The average molecular weight is 281 g/mol. The standard InChI is InChI=1S/C14H13F2NO3/c1-4-9-7(2)13(20-14(18)19-3)11-10(17-9)6-5-8(15)12(11)16/h5-6H,4H2,1-3H3. The number of nitrogens with zero attached hydrogens (tertiary/aromatic N) is 1. The lowest BCUT2D eigenvalue weighted by Crippen LogP contribution is -2.11. The number of ether oxygens (including phenoxy) is 2. The van der Waals surface area contributed by atoms with Crippen molar-refractivity contribution in [1.29, 1.82) is 0 Å². The maximum Gasteiger partial charge on any atom is 0.513 e. The van der Waals surface area contributed by atoms with Gasteiger partial charge in [0.25, 0.3) is 0 Å². The predicted molar refractivity (Wildman–Crippen MR) is 68.8 cm³/mol. The zero-order valence-corrected chi connectivity index (χ0v) is 11.3. The van der Waals surface area contributed by atoms with Gasteiger partial charge in [0.1, 0.15) is 0 Å². The third kappa shape index (κ3) is 2.29. The number of benzene rings is 1. The molecule has 1 heterocycles. The topological polar surface area (TPSA) is 48.4 Å². The zero-order chi connectivity index (χ0) is 14.9. The SMILES string of the molecule is CCc1nc2ccc(F)c(F)c2c(OC(=O)OC)c1C. The maximum atomic E-state index is 14.0. The molecule has 0 saturated heterocycles. The first-order chi connectivity index (χ1) is 9.49. The van der Waals surface area contributed by atoms with Gasteiger partial charge in [-0.05, 0) is 25.5 Å². The van der Waals surface area contributed by atoms with Crippen molar-refractivity contribution in [2.75, 3.05) is 7.11 Å². The Bertz CT molecular complexity index is 686. The Morgan fingerprint density at radius 3 is 2.65 bits per heavy atom. The Balaban J connectivity index is 2.81. The first kappa shape index (κ1) is 14.2. The van der Waals surface area contributed by atoms with Crippen LogP contribution in [0.4, 0.5) is 13.6 Å². The van der Waals surface area contributed by atoms with E-state index >= 15 is 0 Å². The number of methoxy groups -OCH3 is 1. The molecule has 0 aliphatic rings. The number of fused-ring (bicyclic) bond motifs is 1. The molecule has 0 bridgehead atoms. The lowest BCUT2D eigenvalue weighted by molar-refractivity contribution is 0.121. The Labute approximate surface area is 114 Å². The minimum atomic E-state index is -1.10. The van der Waals surface area contributed by atoms with E-state index in [0.29, 0.717) is 17.7 Å². The second-order valence-corrected chi connectivity index (χ2v) is 4.18. The van der Waals surface area contributed by atoms with Crippen molar-refractivity contribution < 1.29 is 23.0 Å². The van der Waals surface area contributed by atoms with Gasteiger partial charge in [0, 0.05) is 11.3 Å². The number of carbonyl (C=O) groups excluding carboxylic acids is 1. The number of carbonyl (C=O) groups is 1. The van der Waals surface area contributed by atoms with E-state index in [1.165, 1.54) is 6.07 Å². The molecule has 0 unspecified atom stereocenters. The molecule has 4 nitrogen and oxygen atoms in total. The fraction of sp³-hybridized carbons (Fsp3) is 0.286. The van der Waals surface area contributed by atoms with Gasteiger partial charge in [-0.3, -0.25) is 4.98 Å². The summed E-state index contributed by atoms with van der Waals surface area (Å²) in [4.78, 5) is 15.5. The molecule has 20 heavy (non-hydrogen) atoms. The van der Waals surface area contributed by atoms with Crippen LogP contribution < -0.4 is 4.74 Å². The Morgan fingerprint density at radius 1 is 1.35 bits per heavy atom. The molecule has 2 aromatic rings. The molecule has 0 fully saturated rings. The summed E-state index contributed by atoms with van der Waals surface area (Å²) in [5.74, 6) is -2.19. The van der Waals surface area contributed by atoms with Crippen molar-refractivity contribution in [3.8, 4) is 5.75 Å². The van der Waals surface area contributed by atoms with E-state index in [1.807, 2.05) is 6.92 Å². The van der Waals surface area contributed by atoms with Crippen molar-refractivity contribution >= 4 is 17.1 Å². The van der Waals surface area contributed by atoms with Crippen LogP contribution in [-0.4, -0.2) is 18.2 Å². The van der Waals surface area contributed by atoms with Crippen LogP contribution in [0.5, 0.6) is 5.75 Å². The summed E-state index contributed by atoms with van der Waals surface area (Å²) in [5.41, 5.74) is 1.35. The molecule has 0 aliphatic heterocycles. The summed E-state index contributed by atoms with van der Waals surface area (Å²) in [6.45, 7) is 3.50. The maximum absolute atomic E-state index is 14.0. The fourth-order valence-corrected chi connectivity index (χ4v) is 1.99. The van der Waals surface area contributed by atoms with E-state index in [0.717, 1.165) is 13.2 Å². The average Bonchev–Trinajstić information content (AvgIpc) is 2.45. The van der Waals surface area contributed by atoms with Crippen LogP contribution in [0.3, 0.4) is 0 Å². The van der Waals surface area contributed by atoms with Crippen LogP contribution in [0.25, 0.3) is 10.9 Å². The summed E-state index contributed by atoms with van der Waals surface area (Å²) in [6, 6.07) is 2.33. The van der Waals surface area contributed by atoms with Gasteiger partial charge >= 0.3 is 6.16 Å². The van der Waals surface area contributed by atoms with E-state index in [9.17, 15) is 13.6 Å². The van der Waals surface area contributed by atoms with Gasteiger partial charge in [-0.15, -0.1) is 0 Å². The van der Waals surface area contributed by atoms with Gasteiger partial charge in [-0.25, -0.2) is 13.6 Å². The highest BCUT2D eigenvalue weighted by Crippen LogP contribution is 2.33. The molecule has 0 radical (unpaired) electrons. The molecule has 0 amide bonds. The van der Waals surface area contributed by atoms with Crippen molar-refractivity contribution in [2.45, 2.75) is 20.3 Å². The highest BCUT2D eigenvalue weighted by molar-refractivity contribution is 5.89. The molecule has 0 aliphatic carbocycles. The zero-order valence-electron chi connectivity index (χ0n) is 11.3. The van der Waals surface area contributed by atoms with Crippen LogP contribution in [0.15, 0.2) is 12.1 Å². The summed E-state index contributed by atoms with van der Waals surface area (Å²) in [7, 11) is 1.14. The number of halogens is 2. The second-order valence-electron chi connectivity index (χ2n) is 4.18. The number of hydrogen-bond donors (Lipinski definition) is 0. The van der Waals surface area contributed by atoms with Gasteiger partial charge in [0.05, 0.1) is 18.0 Å². The molecule has 0 N–H and O–H groups in total. The van der Waals surface area contributed by atoms with Gasteiger partial charge in [-0.2, -0.15) is 0 Å². The normalized spacial score (nSPS) is 10.7. The molecular weight excluding hydrogens is 268 g/mol. The number of aryl methyl sites for hydroxylation is 1. The summed E-state index contributed by atoms with van der Waals surface area (Å²) in [6.07, 6.45) is -0.426. The highest BCUT2D eigenvalue weighted by atomic mass is 19.2.